The fraction of sp³-hybridized carbons (Fsp3) is 0.375. The third kappa shape index (κ3) is 3.08. The molecule has 1 heterocycles. The van der Waals surface area contributed by atoms with Gasteiger partial charge in [0.25, 0.3) is 5.91 Å². The summed E-state index contributed by atoms with van der Waals surface area (Å²) in [6.45, 7) is 5.64. The molecule has 4 nitrogen and oxygen atoms in total. The summed E-state index contributed by atoms with van der Waals surface area (Å²) < 4.78 is 1.04. The Hall–Kier alpha value is -1.88. The first-order valence-electron chi connectivity index (χ1n) is 6.97. The normalized spacial score (nSPS) is 13.9. The van der Waals surface area contributed by atoms with Crippen molar-refractivity contribution in [2.45, 2.75) is 33.2 Å². The first-order chi connectivity index (χ1) is 9.95. The number of carboxylic acids is 1. The van der Waals surface area contributed by atoms with E-state index in [1.807, 2.05) is 45.0 Å². The van der Waals surface area contributed by atoms with Crippen LogP contribution < -0.4 is 5.32 Å². The van der Waals surface area contributed by atoms with Gasteiger partial charge in [0.05, 0.1) is 4.88 Å². The van der Waals surface area contributed by atoms with Crippen molar-refractivity contribution in [2.75, 3.05) is 0 Å². The van der Waals surface area contributed by atoms with E-state index >= 15 is 0 Å². The van der Waals surface area contributed by atoms with Gasteiger partial charge in [-0.3, -0.25) is 4.79 Å². The van der Waals surface area contributed by atoms with Crippen LogP contribution in [0.5, 0.6) is 0 Å². The van der Waals surface area contributed by atoms with E-state index in [2.05, 4.69) is 5.32 Å². The summed E-state index contributed by atoms with van der Waals surface area (Å²) in [6, 6.07) is 6.95. The average Bonchev–Trinajstić information content (AvgIpc) is 2.81. The lowest BCUT2D eigenvalue weighted by molar-refractivity contribution is -0.140. The summed E-state index contributed by atoms with van der Waals surface area (Å²) in [7, 11) is 0. The second kappa shape index (κ2) is 6.26. The average molecular weight is 305 g/mol. The minimum atomic E-state index is -0.989. The SMILES string of the molecule is CCC(C)[C@H](NC(=O)c1sc2ccccc2c1C)C(=O)O. The number of hydrogen-bond acceptors (Lipinski definition) is 3. The van der Waals surface area contributed by atoms with Gasteiger partial charge in [0.2, 0.25) is 0 Å². The first-order valence-corrected chi connectivity index (χ1v) is 7.79. The van der Waals surface area contributed by atoms with Crippen molar-refractivity contribution in [1.82, 2.24) is 5.32 Å². The molecule has 0 fully saturated rings. The summed E-state index contributed by atoms with van der Waals surface area (Å²) in [6.07, 6.45) is 0.697. The zero-order valence-electron chi connectivity index (χ0n) is 12.3. The molecule has 112 valence electrons. The molecular formula is C16H19NO3S. The Bertz CT molecular complexity index is 677. The summed E-state index contributed by atoms with van der Waals surface area (Å²) in [5, 5.41) is 13.0. The fourth-order valence-electron chi connectivity index (χ4n) is 2.28. The van der Waals surface area contributed by atoms with Crippen molar-refractivity contribution in [1.29, 1.82) is 0 Å². The van der Waals surface area contributed by atoms with Crippen LogP contribution in [0, 0.1) is 12.8 Å². The van der Waals surface area contributed by atoms with Crippen LogP contribution in [-0.4, -0.2) is 23.0 Å². The van der Waals surface area contributed by atoms with E-state index < -0.39 is 12.0 Å². The number of hydrogen-bond donors (Lipinski definition) is 2. The van der Waals surface area contributed by atoms with Gasteiger partial charge in [0.15, 0.2) is 0 Å². The third-order valence-electron chi connectivity index (χ3n) is 3.82. The molecule has 5 heteroatoms. The van der Waals surface area contributed by atoms with Crippen LogP contribution in [-0.2, 0) is 4.79 Å². The van der Waals surface area contributed by atoms with Crippen molar-refractivity contribution < 1.29 is 14.7 Å². The molecule has 1 aromatic heterocycles. The molecule has 0 saturated heterocycles. The van der Waals surface area contributed by atoms with E-state index in [1.54, 1.807) is 0 Å². The number of carbonyl (C=O) groups is 2. The number of amides is 1. The zero-order valence-corrected chi connectivity index (χ0v) is 13.2. The van der Waals surface area contributed by atoms with Crippen molar-refractivity contribution >= 4 is 33.3 Å². The van der Waals surface area contributed by atoms with Gasteiger partial charge in [0, 0.05) is 4.70 Å². The molecule has 0 spiro atoms. The van der Waals surface area contributed by atoms with Crippen LogP contribution >= 0.6 is 11.3 Å². The summed E-state index contributed by atoms with van der Waals surface area (Å²) in [5.74, 6) is -1.40. The van der Waals surface area contributed by atoms with Gasteiger partial charge in [-0.25, -0.2) is 4.79 Å². The van der Waals surface area contributed by atoms with Crippen molar-refractivity contribution in [3.8, 4) is 0 Å². The van der Waals surface area contributed by atoms with Gasteiger partial charge in [-0.2, -0.15) is 0 Å². The fourth-order valence-corrected chi connectivity index (χ4v) is 3.39. The minimum absolute atomic E-state index is 0.110. The van der Waals surface area contributed by atoms with Crippen molar-refractivity contribution in [2.24, 2.45) is 5.92 Å². The van der Waals surface area contributed by atoms with Gasteiger partial charge < -0.3 is 10.4 Å². The molecule has 2 aromatic rings. The van der Waals surface area contributed by atoms with Crippen molar-refractivity contribution in [3.05, 3.63) is 34.7 Å². The number of aliphatic carboxylic acids is 1. The highest BCUT2D eigenvalue weighted by Gasteiger charge is 2.27. The Morgan fingerprint density at radius 3 is 2.57 bits per heavy atom. The van der Waals surface area contributed by atoms with Gasteiger partial charge in [-0.05, 0) is 29.9 Å². The Morgan fingerprint density at radius 2 is 2.00 bits per heavy atom. The molecule has 1 unspecified atom stereocenters. The minimum Gasteiger partial charge on any atom is -0.480 e. The number of nitrogens with one attached hydrogen (secondary N) is 1. The van der Waals surface area contributed by atoms with Crippen LogP contribution in [0.25, 0.3) is 10.1 Å². The van der Waals surface area contributed by atoms with Gasteiger partial charge in [-0.1, -0.05) is 38.5 Å². The predicted octanol–water partition coefficient (Wildman–Crippen LogP) is 3.44. The topological polar surface area (TPSA) is 66.4 Å². The van der Waals surface area contributed by atoms with E-state index in [9.17, 15) is 14.7 Å². The number of thiophene rings is 1. The molecule has 2 N–H and O–H groups in total. The number of fused-ring (bicyclic) bond motifs is 1. The summed E-state index contributed by atoms with van der Waals surface area (Å²) in [4.78, 5) is 24.3. The molecule has 1 aromatic carbocycles. The Morgan fingerprint density at radius 1 is 1.33 bits per heavy atom. The van der Waals surface area contributed by atoms with E-state index in [-0.39, 0.29) is 11.8 Å². The van der Waals surface area contributed by atoms with Crippen molar-refractivity contribution in [3.63, 3.8) is 0 Å². The Kier molecular flexibility index (Phi) is 4.63. The number of rotatable bonds is 5. The first kappa shape index (κ1) is 15.5. The number of carboxylic acid groups (broad SMARTS) is 1. The molecule has 2 atom stereocenters. The highest BCUT2D eigenvalue weighted by atomic mass is 32.1. The number of aryl methyl sites for hydroxylation is 1. The second-order valence-corrected chi connectivity index (χ2v) is 6.28. The van der Waals surface area contributed by atoms with Crippen LogP contribution in [0.4, 0.5) is 0 Å². The van der Waals surface area contributed by atoms with E-state index in [4.69, 9.17) is 0 Å². The zero-order chi connectivity index (χ0) is 15.6. The monoisotopic (exact) mass is 305 g/mol. The quantitative estimate of drug-likeness (QED) is 0.889. The van der Waals surface area contributed by atoms with Gasteiger partial charge in [0.1, 0.15) is 6.04 Å². The molecular weight excluding hydrogens is 286 g/mol. The Labute approximate surface area is 127 Å². The maximum Gasteiger partial charge on any atom is 0.326 e. The summed E-state index contributed by atoms with van der Waals surface area (Å²) >= 11 is 1.40. The smallest absolute Gasteiger partial charge is 0.326 e. The molecule has 0 aliphatic carbocycles. The molecule has 1 amide bonds. The lowest BCUT2D eigenvalue weighted by Crippen LogP contribution is -2.44. The van der Waals surface area contributed by atoms with Gasteiger partial charge >= 0.3 is 5.97 Å². The summed E-state index contributed by atoms with van der Waals surface area (Å²) in [5.41, 5.74) is 0.904. The van der Waals surface area contributed by atoms with Crippen LogP contribution in [0.15, 0.2) is 24.3 Å². The maximum absolute atomic E-state index is 12.4. The maximum atomic E-state index is 12.4. The predicted molar refractivity (Wildman–Crippen MR) is 84.9 cm³/mol. The standard InChI is InChI=1S/C16H19NO3S/c1-4-9(2)13(16(19)20)17-15(18)14-10(3)11-7-5-6-8-12(11)21-14/h5-9,13H,4H2,1-3H3,(H,17,18)(H,19,20)/t9?,13-/m0/s1. The van der Waals surface area contributed by atoms with Crippen LogP contribution in [0.2, 0.25) is 0 Å². The van der Waals surface area contributed by atoms with Crippen LogP contribution in [0.1, 0.15) is 35.5 Å². The molecule has 0 bridgehead atoms. The van der Waals surface area contributed by atoms with Crippen LogP contribution in [0.3, 0.4) is 0 Å². The highest BCUT2D eigenvalue weighted by molar-refractivity contribution is 7.21. The number of benzene rings is 1. The van der Waals surface area contributed by atoms with E-state index in [0.29, 0.717) is 11.3 Å². The molecule has 0 radical (unpaired) electrons. The lowest BCUT2D eigenvalue weighted by atomic mass is 9.99. The number of carbonyl (C=O) groups excluding carboxylic acids is 1. The molecule has 0 aliphatic heterocycles. The van der Waals surface area contributed by atoms with E-state index in [1.165, 1.54) is 11.3 Å². The highest BCUT2D eigenvalue weighted by Crippen LogP contribution is 2.30. The molecule has 0 aliphatic rings. The molecule has 21 heavy (non-hydrogen) atoms. The molecule has 0 saturated carbocycles. The van der Waals surface area contributed by atoms with Gasteiger partial charge in [-0.15, -0.1) is 11.3 Å². The third-order valence-corrected chi connectivity index (χ3v) is 5.09. The second-order valence-electron chi connectivity index (χ2n) is 5.23. The molecule has 2 rings (SSSR count). The lowest BCUT2D eigenvalue weighted by Gasteiger charge is -2.19. The Balaban J connectivity index is 2.29. The van der Waals surface area contributed by atoms with E-state index in [0.717, 1.165) is 15.6 Å². The largest absolute Gasteiger partial charge is 0.480 e.